The molecule has 558 valence electrons. The van der Waals surface area contributed by atoms with Crippen molar-refractivity contribution in [2.24, 2.45) is 42.3 Å². The fourth-order valence-electron chi connectivity index (χ4n) is 14.9. The van der Waals surface area contributed by atoms with Crippen LogP contribution in [0.1, 0.15) is 194 Å². The zero-order valence-corrected chi connectivity index (χ0v) is 70.7. The van der Waals surface area contributed by atoms with Crippen LogP contribution in [0.5, 0.6) is 0 Å². The van der Waals surface area contributed by atoms with Crippen LogP contribution in [0.25, 0.3) is 67.5 Å². The summed E-state index contributed by atoms with van der Waals surface area (Å²) < 4.78 is 13.4. The summed E-state index contributed by atoms with van der Waals surface area (Å²) in [6.07, 6.45) is 19.0. The van der Waals surface area contributed by atoms with E-state index in [9.17, 15) is 0 Å². The second-order valence-corrected chi connectivity index (χ2v) is 30.5. The van der Waals surface area contributed by atoms with E-state index in [1.807, 2.05) is 0 Å². The minimum absolute atomic E-state index is 0.564. The molecule has 12 aromatic rings. The van der Waals surface area contributed by atoms with Gasteiger partial charge in [0.15, 0.2) is 37.2 Å². The van der Waals surface area contributed by atoms with Gasteiger partial charge in [-0.15, -0.1) is 0 Å². The first-order chi connectivity index (χ1) is 51.0. The molecule has 0 N–H and O–H groups in total. The molecular formula is C101H130N6+6. The molecular weight excluding hydrogens is 1300 g/mol. The lowest BCUT2D eigenvalue weighted by Crippen LogP contribution is -2.32. The fourth-order valence-corrected chi connectivity index (χ4v) is 14.9. The predicted octanol–water partition coefficient (Wildman–Crippen LogP) is 22.3. The first-order valence-corrected chi connectivity index (χ1v) is 39.4. The van der Waals surface area contributed by atoms with E-state index >= 15 is 0 Å². The van der Waals surface area contributed by atoms with Gasteiger partial charge in [-0.3, -0.25) is 0 Å². The standard InChI is InChI=1S/C18H24N.3C17H22N.2C16H20N/c1-6-15-11-18(16-10-8-7-9-14(16)4)19(5)12-17(15)13(2)3;1-12(2)16-10-17(18(5)11-14(16)4)15-9-7-6-8-13(15)3;1-12(2)16-11-18(5)17(10-14(16)4)15-9-7-6-8-13(15)3;1-5-14-11-17(18(4)12-15(14)6-2)16-10-8-7-9-13(16)3;1-5-14-10-16(17(4)11-13(14)3)15-9-7-6-8-12(15)2;1-5-14-11-17(4)16(10-13(14)3)15-9-7-6-8-12(15)2/h7-13H,6H2,1-5H3;2*6-12H,1-5H3;7-12H,5-6H2,1-4H3;2*6-11H,5H2,1-4H3/q6*+1. The van der Waals surface area contributed by atoms with Gasteiger partial charge in [-0.05, 0) is 222 Å². The molecule has 0 amide bonds. The van der Waals surface area contributed by atoms with E-state index in [1.165, 1.54) is 168 Å². The van der Waals surface area contributed by atoms with E-state index in [4.69, 9.17) is 0 Å². The van der Waals surface area contributed by atoms with Crippen LogP contribution in [0, 0.1) is 69.2 Å². The Balaban J connectivity index is 0.000000179. The molecule has 0 unspecified atom stereocenters. The number of benzene rings is 6. The van der Waals surface area contributed by atoms with Gasteiger partial charge in [0, 0.05) is 103 Å². The Morgan fingerprint density at radius 3 is 0.785 bits per heavy atom. The molecule has 0 fully saturated rings. The molecule has 6 heteroatoms. The van der Waals surface area contributed by atoms with Crippen LogP contribution < -0.4 is 27.4 Å². The van der Waals surface area contributed by atoms with Crippen molar-refractivity contribution >= 4 is 0 Å². The summed E-state index contributed by atoms with van der Waals surface area (Å²) in [5.41, 5.74) is 40.7. The largest absolute Gasteiger partial charge is 0.212 e. The zero-order chi connectivity index (χ0) is 78.5. The van der Waals surface area contributed by atoms with E-state index < -0.39 is 0 Å². The molecule has 0 spiro atoms. The van der Waals surface area contributed by atoms with Crippen LogP contribution >= 0.6 is 0 Å². The number of pyridine rings is 6. The van der Waals surface area contributed by atoms with Crippen LogP contribution in [0.15, 0.2) is 219 Å². The molecule has 12 rings (SSSR count). The second kappa shape index (κ2) is 39.7. The Kier molecular flexibility index (Phi) is 31.4. The van der Waals surface area contributed by atoms with Crippen molar-refractivity contribution < 1.29 is 27.4 Å². The molecule has 0 saturated heterocycles. The summed E-state index contributed by atoms with van der Waals surface area (Å²) in [4.78, 5) is 0. The molecule has 0 aliphatic heterocycles. The zero-order valence-electron chi connectivity index (χ0n) is 70.7. The third-order valence-electron chi connectivity index (χ3n) is 21.4. The highest BCUT2D eigenvalue weighted by molar-refractivity contribution is 5.66. The maximum absolute atomic E-state index is 2.36. The number of nitrogens with zero attached hydrogens (tertiary/aromatic N) is 6. The molecule has 0 saturated carbocycles. The molecule has 0 radical (unpaired) electrons. The summed E-state index contributed by atoms with van der Waals surface area (Å²) >= 11 is 0. The highest BCUT2D eigenvalue weighted by atomic mass is 14.9. The van der Waals surface area contributed by atoms with E-state index in [1.54, 1.807) is 0 Å². The average Bonchev–Trinajstić information content (AvgIpc) is 0.838. The maximum Gasteiger partial charge on any atom is 0.212 e. The lowest BCUT2D eigenvalue weighted by Gasteiger charge is -2.12. The lowest BCUT2D eigenvalue weighted by atomic mass is 9.95. The molecule has 0 aliphatic carbocycles. The van der Waals surface area contributed by atoms with Crippen molar-refractivity contribution in [1.29, 1.82) is 0 Å². The fraction of sp³-hybridized carbons (Fsp3) is 0.347. The maximum atomic E-state index is 2.36. The van der Waals surface area contributed by atoms with Crippen LogP contribution in [0.2, 0.25) is 0 Å². The molecule has 0 atom stereocenters. The van der Waals surface area contributed by atoms with Gasteiger partial charge in [0.05, 0.1) is 0 Å². The van der Waals surface area contributed by atoms with Crippen molar-refractivity contribution in [2.45, 2.75) is 195 Å². The van der Waals surface area contributed by atoms with E-state index in [0.29, 0.717) is 17.8 Å². The summed E-state index contributed by atoms with van der Waals surface area (Å²) in [6.45, 7) is 46.4. The summed E-state index contributed by atoms with van der Waals surface area (Å²) in [7, 11) is 12.8. The highest BCUT2D eigenvalue weighted by Crippen LogP contribution is 2.31. The average molecular weight is 1430 g/mol. The normalized spacial score (nSPS) is 10.8. The third-order valence-corrected chi connectivity index (χ3v) is 21.4. The number of aryl methyl sites for hydroxylation is 21. The number of hydrogen-bond donors (Lipinski definition) is 0. The minimum Gasteiger partial charge on any atom is -0.201 e. The molecule has 0 bridgehead atoms. The number of aromatic nitrogens is 6. The molecule has 6 aromatic carbocycles. The lowest BCUT2D eigenvalue weighted by molar-refractivity contribution is -0.661. The van der Waals surface area contributed by atoms with Crippen molar-refractivity contribution in [3.8, 4) is 67.5 Å². The third kappa shape index (κ3) is 21.7. The topological polar surface area (TPSA) is 23.3 Å². The Labute approximate surface area is 647 Å². The monoisotopic (exact) mass is 1430 g/mol. The van der Waals surface area contributed by atoms with Crippen molar-refractivity contribution in [3.63, 3.8) is 0 Å². The highest BCUT2D eigenvalue weighted by Gasteiger charge is 2.23. The number of hydrogen-bond acceptors (Lipinski definition) is 0. The van der Waals surface area contributed by atoms with Gasteiger partial charge < -0.3 is 0 Å². The van der Waals surface area contributed by atoms with Crippen LogP contribution in [0.3, 0.4) is 0 Å². The number of rotatable bonds is 14. The van der Waals surface area contributed by atoms with Gasteiger partial charge in [0.25, 0.3) is 0 Å². The molecule has 0 aliphatic rings. The summed E-state index contributed by atoms with van der Waals surface area (Å²) in [5, 5.41) is 0. The summed E-state index contributed by atoms with van der Waals surface area (Å²) in [6, 6.07) is 65.4. The van der Waals surface area contributed by atoms with Crippen LogP contribution in [0.4, 0.5) is 0 Å². The van der Waals surface area contributed by atoms with Crippen LogP contribution in [-0.2, 0) is 74.4 Å². The van der Waals surface area contributed by atoms with Crippen molar-refractivity contribution in [2.75, 3.05) is 0 Å². The Morgan fingerprint density at radius 1 is 0.206 bits per heavy atom. The quantitative estimate of drug-likeness (QED) is 0.0969. The van der Waals surface area contributed by atoms with Gasteiger partial charge in [0.2, 0.25) is 34.2 Å². The Bertz CT molecular complexity index is 4960. The van der Waals surface area contributed by atoms with Crippen molar-refractivity contribution in [1.82, 2.24) is 0 Å². The molecule has 6 heterocycles. The van der Waals surface area contributed by atoms with Crippen LogP contribution in [-0.4, -0.2) is 0 Å². The van der Waals surface area contributed by atoms with Gasteiger partial charge in [-0.1, -0.05) is 185 Å². The van der Waals surface area contributed by atoms with Gasteiger partial charge in [-0.25, -0.2) is 27.4 Å². The first kappa shape index (κ1) is 84.5. The van der Waals surface area contributed by atoms with Gasteiger partial charge in [0.1, 0.15) is 42.3 Å². The van der Waals surface area contributed by atoms with Gasteiger partial charge in [-0.2, -0.15) is 0 Å². The van der Waals surface area contributed by atoms with E-state index in [2.05, 4.69) is 434 Å². The smallest absolute Gasteiger partial charge is 0.201 e. The predicted molar refractivity (Wildman–Crippen MR) is 455 cm³/mol. The van der Waals surface area contributed by atoms with Crippen molar-refractivity contribution in [3.05, 3.63) is 319 Å². The van der Waals surface area contributed by atoms with Gasteiger partial charge >= 0.3 is 0 Å². The molecule has 6 aromatic heterocycles. The van der Waals surface area contributed by atoms with E-state index in [0.717, 1.165) is 32.1 Å². The van der Waals surface area contributed by atoms with E-state index in [-0.39, 0.29) is 0 Å². The first-order valence-electron chi connectivity index (χ1n) is 39.4. The SMILES string of the molecule is CCc1c[n+](C)c(-c2ccccc2C)cc1C.CCc1cc(-c2ccccc2C)[n+](C)cc1C.CCc1cc(-c2ccccc2C)[n+](C)cc1C(C)C.CCc1cc(-c2ccccc2C)[n+](C)cc1CC.Cc1ccccc1-c1cc(C(C)C)c(C)c[n+]1C.Cc1ccccc1-c1cc(C)c(C(C)C)c[n+]1C. The Morgan fingerprint density at radius 2 is 0.458 bits per heavy atom. The Hall–Kier alpha value is -9.78. The molecule has 6 nitrogen and oxygen atoms in total. The second-order valence-electron chi connectivity index (χ2n) is 30.5. The molecule has 107 heavy (non-hydrogen) atoms. The summed E-state index contributed by atoms with van der Waals surface area (Å²) in [5.74, 6) is 1.71. The minimum atomic E-state index is 0.564.